The van der Waals surface area contributed by atoms with Crippen molar-refractivity contribution in [3.63, 3.8) is 0 Å². The molecule has 0 spiro atoms. The number of benzene rings is 1. The van der Waals surface area contributed by atoms with Crippen molar-refractivity contribution in [2.45, 2.75) is 12.5 Å². The summed E-state index contributed by atoms with van der Waals surface area (Å²) in [6, 6.07) is 2.58. The summed E-state index contributed by atoms with van der Waals surface area (Å²) >= 11 is 3.29. The zero-order valence-electron chi connectivity index (χ0n) is 10.6. The molecule has 2 nitrogen and oxygen atoms in total. The van der Waals surface area contributed by atoms with E-state index < -0.39 is 23.5 Å². The molecular weight excluding hydrogens is 333 g/mol. The average molecular weight is 345 g/mol. The van der Waals surface area contributed by atoms with Gasteiger partial charge in [-0.15, -0.1) is 0 Å². The van der Waals surface area contributed by atoms with Crippen LogP contribution in [0.25, 0.3) is 0 Å². The second-order valence-electron chi connectivity index (χ2n) is 4.34. The van der Waals surface area contributed by atoms with E-state index in [-0.39, 0.29) is 5.56 Å². The van der Waals surface area contributed by atoms with Crippen LogP contribution in [0, 0.1) is 17.5 Å². The van der Waals surface area contributed by atoms with Crippen LogP contribution >= 0.6 is 15.9 Å². The minimum atomic E-state index is -0.928. The lowest BCUT2D eigenvalue weighted by atomic mass is 9.99. The Bertz CT molecular complexity index is 596. The highest BCUT2D eigenvalue weighted by Crippen LogP contribution is 2.25. The van der Waals surface area contributed by atoms with E-state index in [2.05, 4.69) is 26.2 Å². The summed E-state index contributed by atoms with van der Waals surface area (Å²) in [5, 5.41) is 2.84. The summed E-state index contributed by atoms with van der Waals surface area (Å²) < 4.78 is 41.3. The van der Waals surface area contributed by atoms with Gasteiger partial charge < -0.3 is 5.32 Å². The lowest BCUT2D eigenvalue weighted by Gasteiger charge is -2.18. The van der Waals surface area contributed by atoms with Gasteiger partial charge in [0.1, 0.15) is 17.5 Å². The maximum Gasteiger partial charge on any atom is 0.133 e. The molecule has 2 aromatic rings. The quantitative estimate of drug-likeness (QED) is 0.913. The number of hydrogen-bond acceptors (Lipinski definition) is 2. The van der Waals surface area contributed by atoms with Crippen molar-refractivity contribution < 1.29 is 13.2 Å². The van der Waals surface area contributed by atoms with Crippen molar-refractivity contribution in [2.75, 3.05) is 7.05 Å². The molecule has 0 saturated carbocycles. The Morgan fingerprint density at radius 1 is 1.15 bits per heavy atom. The molecule has 1 aromatic heterocycles. The molecule has 0 bridgehead atoms. The third-order valence-corrected chi connectivity index (χ3v) is 3.38. The lowest BCUT2D eigenvalue weighted by molar-refractivity contribution is 0.475. The van der Waals surface area contributed by atoms with Gasteiger partial charge in [0.05, 0.1) is 0 Å². The zero-order chi connectivity index (χ0) is 14.7. The molecule has 0 saturated heterocycles. The highest BCUT2D eigenvalue weighted by Gasteiger charge is 2.20. The maximum absolute atomic E-state index is 13.8. The van der Waals surface area contributed by atoms with Gasteiger partial charge in [-0.1, -0.05) is 0 Å². The van der Waals surface area contributed by atoms with Crippen LogP contribution < -0.4 is 5.32 Å². The number of nitrogens with one attached hydrogen (secondary N) is 1. The number of hydrogen-bond donors (Lipinski definition) is 1. The Kier molecular flexibility index (Phi) is 4.77. The fourth-order valence-corrected chi connectivity index (χ4v) is 2.45. The number of nitrogens with zero attached hydrogens (tertiary/aromatic N) is 1. The summed E-state index contributed by atoms with van der Waals surface area (Å²) in [5.41, 5.74) is 0.635. The highest BCUT2D eigenvalue weighted by molar-refractivity contribution is 9.10. The van der Waals surface area contributed by atoms with E-state index in [1.165, 1.54) is 0 Å². The van der Waals surface area contributed by atoms with Crippen LogP contribution in [-0.2, 0) is 6.42 Å². The standard InChI is InChI=1S/C14H12BrF3N2/c1-19-13(3-8-2-9(15)7-20-6-8)14-11(17)4-10(16)5-12(14)18/h2,4-7,13,19H,3H2,1H3. The normalized spacial score (nSPS) is 12.4. The molecule has 1 unspecified atom stereocenters. The Labute approximate surface area is 123 Å². The molecule has 1 atom stereocenters. The van der Waals surface area contributed by atoms with Crippen molar-refractivity contribution in [1.82, 2.24) is 10.3 Å². The molecule has 1 aromatic carbocycles. The molecule has 0 aliphatic carbocycles. The van der Waals surface area contributed by atoms with E-state index >= 15 is 0 Å². The lowest BCUT2D eigenvalue weighted by Crippen LogP contribution is -2.21. The van der Waals surface area contributed by atoms with Gasteiger partial charge in [0.2, 0.25) is 0 Å². The predicted molar refractivity (Wildman–Crippen MR) is 73.8 cm³/mol. The first-order chi connectivity index (χ1) is 9.51. The molecule has 0 aliphatic rings. The molecule has 106 valence electrons. The van der Waals surface area contributed by atoms with Gasteiger partial charge in [-0.05, 0) is 41.0 Å². The monoisotopic (exact) mass is 344 g/mol. The van der Waals surface area contributed by atoms with Crippen molar-refractivity contribution >= 4 is 15.9 Å². The Morgan fingerprint density at radius 2 is 1.80 bits per heavy atom. The van der Waals surface area contributed by atoms with Gasteiger partial charge in [-0.2, -0.15) is 0 Å². The third-order valence-electron chi connectivity index (χ3n) is 2.94. The molecule has 6 heteroatoms. The van der Waals surface area contributed by atoms with Crippen LogP contribution in [0.5, 0.6) is 0 Å². The second-order valence-corrected chi connectivity index (χ2v) is 5.26. The second kappa shape index (κ2) is 6.37. The molecule has 0 radical (unpaired) electrons. The first kappa shape index (κ1) is 15.0. The topological polar surface area (TPSA) is 24.9 Å². The van der Waals surface area contributed by atoms with Gasteiger partial charge in [0.15, 0.2) is 0 Å². The highest BCUT2D eigenvalue weighted by atomic mass is 79.9. The number of rotatable bonds is 4. The average Bonchev–Trinajstić information content (AvgIpc) is 2.36. The Morgan fingerprint density at radius 3 is 2.35 bits per heavy atom. The number of pyridine rings is 1. The van der Waals surface area contributed by atoms with Crippen LogP contribution in [0.3, 0.4) is 0 Å². The SMILES string of the molecule is CNC(Cc1cncc(Br)c1)c1c(F)cc(F)cc1F. The summed E-state index contributed by atoms with van der Waals surface area (Å²) in [5.74, 6) is -2.72. The summed E-state index contributed by atoms with van der Waals surface area (Å²) in [6.07, 6.45) is 3.58. The van der Waals surface area contributed by atoms with Crippen LogP contribution in [0.4, 0.5) is 13.2 Å². The van der Waals surface area contributed by atoms with Gasteiger partial charge in [0, 0.05) is 40.6 Å². The van der Waals surface area contributed by atoms with Gasteiger partial charge in [0.25, 0.3) is 0 Å². The molecule has 2 rings (SSSR count). The first-order valence-electron chi connectivity index (χ1n) is 5.92. The van der Waals surface area contributed by atoms with E-state index in [1.54, 1.807) is 19.4 Å². The van der Waals surface area contributed by atoms with E-state index in [9.17, 15) is 13.2 Å². The minimum Gasteiger partial charge on any atom is -0.313 e. The number of aromatic nitrogens is 1. The third kappa shape index (κ3) is 3.37. The Balaban J connectivity index is 2.34. The van der Waals surface area contributed by atoms with Crippen LogP contribution in [0.2, 0.25) is 0 Å². The van der Waals surface area contributed by atoms with Crippen LogP contribution in [0.1, 0.15) is 17.2 Å². The molecule has 20 heavy (non-hydrogen) atoms. The van der Waals surface area contributed by atoms with Crippen molar-refractivity contribution in [3.05, 3.63) is 63.6 Å². The molecular formula is C14H12BrF3N2. The minimum absolute atomic E-state index is 0.172. The van der Waals surface area contributed by atoms with Crippen LogP contribution in [0.15, 0.2) is 35.1 Å². The summed E-state index contributed by atoms with van der Waals surface area (Å²) in [4.78, 5) is 4.00. The Hall–Kier alpha value is -1.40. The largest absolute Gasteiger partial charge is 0.313 e. The van der Waals surface area contributed by atoms with Crippen molar-refractivity contribution in [3.8, 4) is 0 Å². The predicted octanol–water partition coefficient (Wildman–Crippen LogP) is 3.76. The number of likely N-dealkylation sites (N-methyl/N-ethyl adjacent to an activating group) is 1. The van der Waals surface area contributed by atoms with Crippen LogP contribution in [-0.4, -0.2) is 12.0 Å². The summed E-state index contributed by atoms with van der Waals surface area (Å²) in [6.45, 7) is 0. The summed E-state index contributed by atoms with van der Waals surface area (Å²) in [7, 11) is 1.60. The van der Waals surface area contributed by atoms with Gasteiger partial charge >= 0.3 is 0 Å². The van der Waals surface area contributed by atoms with Crippen molar-refractivity contribution in [1.29, 1.82) is 0 Å². The van der Waals surface area contributed by atoms with E-state index in [0.717, 1.165) is 10.0 Å². The fraction of sp³-hybridized carbons (Fsp3) is 0.214. The molecule has 0 fully saturated rings. The number of halogens is 4. The molecule has 0 aliphatic heterocycles. The van der Waals surface area contributed by atoms with Gasteiger partial charge in [-0.3, -0.25) is 4.98 Å². The fourth-order valence-electron chi connectivity index (χ4n) is 2.04. The maximum atomic E-state index is 13.8. The molecule has 1 N–H and O–H groups in total. The van der Waals surface area contributed by atoms with E-state index in [1.807, 2.05) is 6.07 Å². The zero-order valence-corrected chi connectivity index (χ0v) is 12.2. The first-order valence-corrected chi connectivity index (χ1v) is 6.71. The van der Waals surface area contributed by atoms with E-state index in [4.69, 9.17) is 0 Å². The van der Waals surface area contributed by atoms with E-state index in [0.29, 0.717) is 18.6 Å². The van der Waals surface area contributed by atoms with Gasteiger partial charge in [-0.25, -0.2) is 13.2 Å². The smallest absolute Gasteiger partial charge is 0.133 e. The molecule has 1 heterocycles. The molecule has 0 amide bonds. The van der Waals surface area contributed by atoms with Crippen molar-refractivity contribution in [2.24, 2.45) is 0 Å².